The molecule has 0 saturated heterocycles. The highest BCUT2D eigenvalue weighted by atomic mass is 32.1. The van der Waals surface area contributed by atoms with Crippen molar-refractivity contribution in [3.63, 3.8) is 0 Å². The van der Waals surface area contributed by atoms with Crippen LogP contribution >= 0.6 is 12.6 Å². The molecular formula is C11H12N6O4S. The third kappa shape index (κ3) is 4.32. The van der Waals surface area contributed by atoms with Crippen molar-refractivity contribution in [3.05, 3.63) is 44.0 Å². The van der Waals surface area contributed by atoms with Gasteiger partial charge in [0.15, 0.2) is 6.19 Å². The number of benzene rings is 1. The minimum absolute atomic E-state index is 0.128. The maximum atomic E-state index is 11.0. The molecule has 0 saturated carbocycles. The molecule has 0 heterocycles. The van der Waals surface area contributed by atoms with Crippen LogP contribution in [0.15, 0.2) is 23.2 Å². The average Bonchev–Trinajstić information content (AvgIpc) is 2.50. The third-order valence-electron chi connectivity index (χ3n) is 2.64. The number of nitrogens with zero attached hydrogens (tertiary/aromatic N) is 4. The van der Waals surface area contributed by atoms with Crippen LogP contribution in [0.5, 0.6) is 0 Å². The number of non-ortho nitro benzene ring substituents is 1. The standard InChI is InChI=1S/C11H12N6O4S/c1-13-11(15-6-12)14-5-10(22)8-3-2-7(16(18)19)4-9(8)17(20)21/h2-4,10,22H,5H2,1H3,(H2,13,14,15). The molecule has 1 aromatic carbocycles. The highest BCUT2D eigenvalue weighted by molar-refractivity contribution is 7.80. The summed E-state index contributed by atoms with van der Waals surface area (Å²) in [5.74, 6) is 0.186. The van der Waals surface area contributed by atoms with Gasteiger partial charge in [0.2, 0.25) is 5.96 Å². The van der Waals surface area contributed by atoms with Crippen LogP contribution in [0, 0.1) is 31.7 Å². The first kappa shape index (κ1) is 17.2. The fourth-order valence-corrected chi connectivity index (χ4v) is 1.93. The van der Waals surface area contributed by atoms with E-state index < -0.39 is 15.1 Å². The summed E-state index contributed by atoms with van der Waals surface area (Å²) in [5.41, 5.74) is -0.538. The van der Waals surface area contributed by atoms with E-state index in [1.807, 2.05) is 0 Å². The lowest BCUT2D eigenvalue weighted by atomic mass is 10.1. The first-order valence-corrected chi connectivity index (χ1v) is 6.39. The molecule has 0 amide bonds. The van der Waals surface area contributed by atoms with Crippen LogP contribution < -0.4 is 10.6 Å². The molecule has 2 N–H and O–H groups in total. The van der Waals surface area contributed by atoms with Gasteiger partial charge in [0.25, 0.3) is 11.4 Å². The average molecular weight is 324 g/mol. The monoisotopic (exact) mass is 324 g/mol. The number of thiol groups is 1. The smallest absolute Gasteiger partial charge is 0.280 e. The Balaban J connectivity index is 2.98. The van der Waals surface area contributed by atoms with Crippen molar-refractivity contribution in [3.8, 4) is 6.19 Å². The van der Waals surface area contributed by atoms with E-state index in [1.54, 1.807) is 6.19 Å². The van der Waals surface area contributed by atoms with Gasteiger partial charge >= 0.3 is 0 Å². The Morgan fingerprint density at radius 2 is 2.14 bits per heavy atom. The van der Waals surface area contributed by atoms with Crippen LogP contribution in [-0.4, -0.2) is 29.4 Å². The predicted octanol–water partition coefficient (Wildman–Crippen LogP) is 1.12. The lowest BCUT2D eigenvalue weighted by Gasteiger charge is -2.13. The predicted molar refractivity (Wildman–Crippen MR) is 81.6 cm³/mol. The van der Waals surface area contributed by atoms with Crippen LogP contribution in [0.1, 0.15) is 10.8 Å². The summed E-state index contributed by atoms with van der Waals surface area (Å²) in [5, 5.41) is 34.6. The molecule has 0 aromatic heterocycles. The van der Waals surface area contributed by atoms with Gasteiger partial charge in [0, 0.05) is 25.2 Å². The summed E-state index contributed by atoms with van der Waals surface area (Å²) < 4.78 is 0. The molecule has 0 aliphatic rings. The first-order chi connectivity index (χ1) is 10.4. The Morgan fingerprint density at radius 1 is 1.45 bits per heavy atom. The van der Waals surface area contributed by atoms with Crippen LogP contribution in [0.4, 0.5) is 11.4 Å². The molecule has 0 aliphatic heterocycles. The van der Waals surface area contributed by atoms with Gasteiger partial charge in [0.05, 0.1) is 21.2 Å². The maximum absolute atomic E-state index is 11.0. The first-order valence-electron chi connectivity index (χ1n) is 5.87. The van der Waals surface area contributed by atoms with E-state index >= 15 is 0 Å². The second-order valence-corrected chi connectivity index (χ2v) is 4.59. The van der Waals surface area contributed by atoms with E-state index in [4.69, 9.17) is 5.26 Å². The number of nitro groups is 2. The van der Waals surface area contributed by atoms with Crippen molar-refractivity contribution in [2.24, 2.45) is 4.99 Å². The number of aliphatic imine (C=N–C) groups is 1. The van der Waals surface area contributed by atoms with E-state index in [9.17, 15) is 20.2 Å². The highest BCUT2D eigenvalue weighted by Crippen LogP contribution is 2.31. The molecule has 116 valence electrons. The van der Waals surface area contributed by atoms with Gasteiger partial charge in [-0.3, -0.25) is 30.5 Å². The van der Waals surface area contributed by atoms with E-state index in [0.29, 0.717) is 0 Å². The molecule has 0 aliphatic carbocycles. The Morgan fingerprint density at radius 3 is 2.64 bits per heavy atom. The maximum Gasteiger partial charge on any atom is 0.280 e. The summed E-state index contributed by atoms with van der Waals surface area (Å²) in [6.45, 7) is 0.128. The number of nitro benzene ring substituents is 2. The summed E-state index contributed by atoms with van der Waals surface area (Å²) >= 11 is 4.25. The Kier molecular flexibility index (Phi) is 6.09. The minimum Gasteiger partial charge on any atom is -0.354 e. The largest absolute Gasteiger partial charge is 0.354 e. The Hall–Kier alpha value is -2.87. The Labute approximate surface area is 130 Å². The van der Waals surface area contributed by atoms with Crippen molar-refractivity contribution in [2.75, 3.05) is 13.6 Å². The van der Waals surface area contributed by atoms with E-state index in [0.717, 1.165) is 6.07 Å². The van der Waals surface area contributed by atoms with Gasteiger partial charge in [0.1, 0.15) is 0 Å². The van der Waals surface area contributed by atoms with Gasteiger partial charge in [-0.05, 0) is 6.07 Å². The summed E-state index contributed by atoms with van der Waals surface area (Å²) in [4.78, 5) is 24.1. The van der Waals surface area contributed by atoms with Crippen molar-refractivity contribution in [1.29, 1.82) is 5.26 Å². The Bertz CT molecular complexity index is 656. The zero-order valence-electron chi connectivity index (χ0n) is 11.4. The fraction of sp³-hybridized carbons (Fsp3) is 0.273. The molecule has 11 heteroatoms. The van der Waals surface area contributed by atoms with E-state index in [2.05, 4.69) is 28.3 Å². The van der Waals surface area contributed by atoms with Gasteiger partial charge in [-0.2, -0.15) is 17.9 Å². The van der Waals surface area contributed by atoms with Crippen molar-refractivity contribution in [2.45, 2.75) is 5.25 Å². The fourth-order valence-electron chi connectivity index (χ4n) is 1.62. The van der Waals surface area contributed by atoms with Crippen molar-refractivity contribution in [1.82, 2.24) is 10.6 Å². The van der Waals surface area contributed by atoms with Gasteiger partial charge in [-0.1, -0.05) is 0 Å². The van der Waals surface area contributed by atoms with E-state index in [-0.39, 0.29) is 29.4 Å². The lowest BCUT2D eigenvalue weighted by molar-refractivity contribution is -0.394. The molecule has 0 radical (unpaired) electrons. The normalized spacial score (nSPS) is 12.1. The highest BCUT2D eigenvalue weighted by Gasteiger charge is 2.23. The van der Waals surface area contributed by atoms with Gasteiger partial charge < -0.3 is 5.32 Å². The zero-order valence-corrected chi connectivity index (χ0v) is 12.3. The molecule has 10 nitrogen and oxygen atoms in total. The van der Waals surface area contributed by atoms with E-state index in [1.165, 1.54) is 19.2 Å². The van der Waals surface area contributed by atoms with Gasteiger partial charge in [-0.15, -0.1) is 0 Å². The van der Waals surface area contributed by atoms with Crippen LogP contribution in [0.2, 0.25) is 0 Å². The molecule has 0 bridgehead atoms. The molecule has 1 unspecified atom stereocenters. The second kappa shape index (κ2) is 7.79. The minimum atomic E-state index is -0.707. The van der Waals surface area contributed by atoms with Gasteiger partial charge in [-0.25, -0.2) is 0 Å². The van der Waals surface area contributed by atoms with Crippen LogP contribution in [0.25, 0.3) is 0 Å². The van der Waals surface area contributed by atoms with Crippen molar-refractivity contribution < 1.29 is 9.85 Å². The molecule has 0 spiro atoms. The summed E-state index contributed by atoms with van der Waals surface area (Å²) in [6.07, 6.45) is 1.68. The summed E-state index contributed by atoms with van der Waals surface area (Å²) in [6, 6.07) is 3.35. The molecule has 1 rings (SSSR count). The van der Waals surface area contributed by atoms with Crippen LogP contribution in [-0.2, 0) is 0 Å². The topological polar surface area (TPSA) is 146 Å². The molecule has 0 fully saturated rings. The quantitative estimate of drug-likeness (QED) is 0.140. The van der Waals surface area contributed by atoms with Crippen LogP contribution in [0.3, 0.4) is 0 Å². The number of nitrogens with one attached hydrogen (secondary N) is 2. The van der Waals surface area contributed by atoms with Crippen molar-refractivity contribution >= 4 is 30.0 Å². The number of rotatable bonds is 5. The third-order valence-corrected chi connectivity index (χ3v) is 3.10. The zero-order chi connectivity index (χ0) is 16.7. The SMILES string of the molecule is CN=C(NC#N)NCC(S)c1ccc([N+](=O)[O-])cc1[N+](=O)[O-]. The number of nitriles is 1. The second-order valence-electron chi connectivity index (χ2n) is 3.96. The molecular weight excluding hydrogens is 312 g/mol. The summed E-state index contributed by atoms with van der Waals surface area (Å²) in [7, 11) is 1.45. The number of hydrogen-bond donors (Lipinski definition) is 3. The molecule has 1 aromatic rings. The lowest BCUT2D eigenvalue weighted by Crippen LogP contribution is -2.36. The number of guanidine groups is 1. The molecule has 1 atom stereocenters. The number of hydrogen-bond acceptors (Lipinski definition) is 7. The molecule has 22 heavy (non-hydrogen) atoms.